The minimum Gasteiger partial charge on any atom is -0.504 e. The van der Waals surface area contributed by atoms with E-state index in [1.165, 1.54) is 0 Å². The number of nitrogens with zero attached hydrogens (tertiary/aromatic N) is 1. The number of fused-ring (bicyclic) bond motifs is 4. The van der Waals surface area contributed by atoms with Crippen molar-refractivity contribution in [2.45, 2.75) is 70.9 Å². The number of benzene rings is 1. The maximum atomic E-state index is 12.5. The predicted octanol–water partition coefficient (Wildman–Crippen LogP) is 4.27. The van der Waals surface area contributed by atoms with Crippen molar-refractivity contribution in [1.82, 2.24) is 4.90 Å². The molecule has 1 aromatic carbocycles. The van der Waals surface area contributed by atoms with Gasteiger partial charge >= 0.3 is 6.09 Å². The van der Waals surface area contributed by atoms with Gasteiger partial charge in [-0.1, -0.05) is 12.1 Å². The Morgan fingerprint density at radius 3 is 2.79 bits per heavy atom. The molecule has 0 aromatic heterocycles. The Morgan fingerprint density at radius 1 is 1.32 bits per heavy atom. The van der Waals surface area contributed by atoms with E-state index in [4.69, 9.17) is 14.2 Å². The number of carbonyl (C=O) groups excluding carboxylic acids is 1. The summed E-state index contributed by atoms with van der Waals surface area (Å²) >= 11 is 0. The number of amides is 1. The maximum Gasteiger partial charge on any atom is 0.410 e. The van der Waals surface area contributed by atoms with Crippen molar-refractivity contribution >= 4 is 6.09 Å². The first kappa shape index (κ1) is 19.4. The van der Waals surface area contributed by atoms with E-state index in [0.717, 1.165) is 18.4 Å². The summed E-state index contributed by atoms with van der Waals surface area (Å²) in [7, 11) is 0. The molecule has 3 aliphatic heterocycles. The molecule has 28 heavy (non-hydrogen) atoms. The highest BCUT2D eigenvalue weighted by molar-refractivity contribution is 5.68. The minimum absolute atomic E-state index is 0.0971. The summed E-state index contributed by atoms with van der Waals surface area (Å²) in [6.07, 6.45) is 1.46. The second-order valence-electron chi connectivity index (χ2n) is 9.81. The first-order chi connectivity index (χ1) is 13.0. The van der Waals surface area contributed by atoms with Gasteiger partial charge in [-0.2, -0.15) is 0 Å². The largest absolute Gasteiger partial charge is 0.504 e. The fourth-order valence-corrected chi connectivity index (χ4v) is 4.80. The van der Waals surface area contributed by atoms with Crippen molar-refractivity contribution in [3.8, 4) is 11.5 Å². The van der Waals surface area contributed by atoms with E-state index in [2.05, 4.69) is 13.8 Å². The molecule has 6 heteroatoms. The highest BCUT2D eigenvalue weighted by Crippen LogP contribution is 2.54. The first-order valence-corrected chi connectivity index (χ1v) is 10.2. The van der Waals surface area contributed by atoms with E-state index in [-0.39, 0.29) is 35.9 Å². The molecule has 154 valence electrons. The summed E-state index contributed by atoms with van der Waals surface area (Å²) in [5, 5.41) is 10.3. The van der Waals surface area contributed by atoms with Crippen LogP contribution in [0.15, 0.2) is 18.2 Å². The Kier molecular flexibility index (Phi) is 4.53. The average molecular weight is 389 g/mol. The summed E-state index contributed by atoms with van der Waals surface area (Å²) in [6.45, 7) is 11.1. The van der Waals surface area contributed by atoms with E-state index >= 15 is 0 Å². The lowest BCUT2D eigenvalue weighted by Crippen LogP contribution is -2.56. The molecule has 4 rings (SSSR count). The van der Waals surface area contributed by atoms with Crippen LogP contribution in [0.3, 0.4) is 0 Å². The SMILES string of the molecule is CC(C)(C)OC(=O)N1CC[C@@H]2O[C@@H]3c4cccc(O)c4OC(C)(C)[C@H]3C[C@H]2C1. The zero-order valence-electron chi connectivity index (χ0n) is 17.4. The van der Waals surface area contributed by atoms with Crippen LogP contribution in [0.25, 0.3) is 0 Å². The van der Waals surface area contributed by atoms with Gasteiger partial charge in [0.15, 0.2) is 11.5 Å². The molecule has 0 saturated carbocycles. The van der Waals surface area contributed by atoms with Crippen molar-refractivity contribution in [1.29, 1.82) is 0 Å². The molecular formula is C22H31NO5. The lowest BCUT2D eigenvalue weighted by atomic mass is 9.70. The minimum atomic E-state index is -0.493. The van der Waals surface area contributed by atoms with Crippen LogP contribution < -0.4 is 4.74 Å². The molecule has 1 aromatic rings. The van der Waals surface area contributed by atoms with Crippen molar-refractivity contribution in [3.05, 3.63) is 23.8 Å². The number of phenolic OH excluding ortho intramolecular Hbond substituents is 1. The van der Waals surface area contributed by atoms with Gasteiger partial charge in [0.25, 0.3) is 0 Å². The van der Waals surface area contributed by atoms with Gasteiger partial charge in [0.05, 0.1) is 12.2 Å². The van der Waals surface area contributed by atoms with E-state index in [0.29, 0.717) is 18.8 Å². The maximum absolute atomic E-state index is 12.5. The number of piperidine rings is 1. The Morgan fingerprint density at radius 2 is 2.07 bits per heavy atom. The van der Waals surface area contributed by atoms with Gasteiger partial charge in [-0.15, -0.1) is 0 Å². The number of phenols is 1. The molecule has 0 radical (unpaired) electrons. The van der Waals surface area contributed by atoms with Crippen LogP contribution >= 0.6 is 0 Å². The third-order valence-corrected chi connectivity index (χ3v) is 6.15. The second-order valence-corrected chi connectivity index (χ2v) is 9.81. The monoisotopic (exact) mass is 389 g/mol. The van der Waals surface area contributed by atoms with Crippen LogP contribution in [0.2, 0.25) is 0 Å². The molecule has 2 saturated heterocycles. The molecule has 0 unspecified atom stereocenters. The van der Waals surface area contributed by atoms with Crippen LogP contribution in [0.4, 0.5) is 4.79 Å². The van der Waals surface area contributed by atoms with E-state index < -0.39 is 11.2 Å². The number of aromatic hydroxyl groups is 1. The Balaban J connectivity index is 1.55. The Hall–Kier alpha value is -1.95. The number of ether oxygens (including phenoxy) is 3. The number of carbonyl (C=O) groups is 1. The topological polar surface area (TPSA) is 68.2 Å². The van der Waals surface area contributed by atoms with E-state index in [1.807, 2.05) is 37.8 Å². The number of hydrogen-bond acceptors (Lipinski definition) is 5. The van der Waals surface area contributed by atoms with Crippen LogP contribution in [0, 0.1) is 11.8 Å². The summed E-state index contributed by atoms with van der Waals surface area (Å²) in [6, 6.07) is 5.48. The van der Waals surface area contributed by atoms with Gasteiger partial charge < -0.3 is 24.2 Å². The first-order valence-electron chi connectivity index (χ1n) is 10.2. The molecule has 3 heterocycles. The second kappa shape index (κ2) is 6.55. The number of rotatable bonds is 0. The molecule has 1 N–H and O–H groups in total. The predicted molar refractivity (Wildman–Crippen MR) is 104 cm³/mol. The molecule has 3 aliphatic rings. The van der Waals surface area contributed by atoms with Crippen LogP contribution in [-0.4, -0.2) is 46.5 Å². The molecule has 1 amide bonds. The molecule has 0 bridgehead atoms. The average Bonchev–Trinajstić information content (AvgIpc) is 2.59. The molecule has 6 nitrogen and oxygen atoms in total. The Bertz CT molecular complexity index is 769. The smallest absolute Gasteiger partial charge is 0.410 e. The third kappa shape index (κ3) is 3.43. The van der Waals surface area contributed by atoms with Gasteiger partial charge in [0.1, 0.15) is 11.2 Å². The summed E-state index contributed by atoms with van der Waals surface area (Å²) in [5.41, 5.74) is -0.0276. The molecular weight excluding hydrogens is 358 g/mol. The summed E-state index contributed by atoms with van der Waals surface area (Å²) < 4.78 is 18.3. The van der Waals surface area contributed by atoms with E-state index in [1.54, 1.807) is 6.07 Å². The summed E-state index contributed by atoms with van der Waals surface area (Å²) in [5.74, 6) is 1.11. The van der Waals surface area contributed by atoms with Crippen molar-refractivity contribution < 1.29 is 24.1 Å². The standard InChI is InChI=1S/C22H31NO5/c1-21(2,3)28-20(25)23-10-9-17-13(12-23)11-15-18(26-17)14-7-6-8-16(24)19(14)27-22(15,4)5/h6-8,13,15,17-18,24H,9-12H2,1-5H3/t13-,15-,17-,18+/m0/s1. The third-order valence-electron chi connectivity index (χ3n) is 6.15. The van der Waals surface area contributed by atoms with Crippen LogP contribution in [-0.2, 0) is 9.47 Å². The van der Waals surface area contributed by atoms with E-state index in [9.17, 15) is 9.90 Å². The van der Waals surface area contributed by atoms with Crippen molar-refractivity contribution in [3.63, 3.8) is 0 Å². The number of hydrogen-bond donors (Lipinski definition) is 1. The lowest BCUT2D eigenvalue weighted by Gasteiger charge is -2.53. The van der Waals surface area contributed by atoms with Gasteiger partial charge in [-0.05, 0) is 53.5 Å². The van der Waals surface area contributed by atoms with Gasteiger partial charge in [0.2, 0.25) is 0 Å². The fraction of sp³-hybridized carbons (Fsp3) is 0.682. The van der Waals surface area contributed by atoms with Gasteiger partial charge in [-0.3, -0.25) is 0 Å². The quantitative estimate of drug-likeness (QED) is 0.718. The molecule has 0 aliphatic carbocycles. The van der Waals surface area contributed by atoms with Crippen LogP contribution in [0.5, 0.6) is 11.5 Å². The van der Waals surface area contributed by atoms with Crippen molar-refractivity contribution in [2.75, 3.05) is 13.1 Å². The molecule has 2 fully saturated rings. The highest BCUT2D eigenvalue weighted by atomic mass is 16.6. The molecule has 4 atom stereocenters. The summed E-state index contributed by atoms with van der Waals surface area (Å²) in [4.78, 5) is 14.3. The highest BCUT2D eigenvalue weighted by Gasteiger charge is 2.52. The normalized spacial score (nSPS) is 31.1. The van der Waals surface area contributed by atoms with Gasteiger partial charge in [0, 0.05) is 30.5 Å². The van der Waals surface area contributed by atoms with Crippen LogP contribution in [0.1, 0.15) is 59.1 Å². The Labute approximate surface area is 166 Å². The molecule has 0 spiro atoms. The fourth-order valence-electron chi connectivity index (χ4n) is 4.80. The van der Waals surface area contributed by atoms with Gasteiger partial charge in [-0.25, -0.2) is 4.79 Å². The van der Waals surface area contributed by atoms with Crippen molar-refractivity contribution in [2.24, 2.45) is 11.8 Å². The zero-order chi connectivity index (χ0) is 20.3. The lowest BCUT2D eigenvalue weighted by molar-refractivity contribution is -0.186. The number of likely N-dealkylation sites (tertiary alicyclic amines) is 1. The number of para-hydroxylation sites is 1. The zero-order valence-corrected chi connectivity index (χ0v) is 17.4.